The summed E-state index contributed by atoms with van der Waals surface area (Å²) >= 11 is 0. The first kappa shape index (κ1) is 16.7. The smallest absolute Gasteiger partial charge is 0.255 e. The maximum atomic E-state index is 10.8. The summed E-state index contributed by atoms with van der Waals surface area (Å²) in [5, 5.41) is 3.38. The number of amides is 1. The Kier molecular flexibility index (Phi) is 5.46. The molecule has 0 saturated heterocycles. The zero-order valence-electron chi connectivity index (χ0n) is 13.7. The van der Waals surface area contributed by atoms with Gasteiger partial charge in [-0.3, -0.25) is 4.79 Å². The number of carbonyl (C=O) groups excluding carboxylic acids is 1. The SMILES string of the molecule is COc1cc(CNc2ccc(C)c(C)c2)ccc1OCC(N)=O. The van der Waals surface area contributed by atoms with Gasteiger partial charge in [-0.25, -0.2) is 0 Å². The lowest BCUT2D eigenvalue weighted by Crippen LogP contribution is -2.20. The Labute approximate surface area is 136 Å². The summed E-state index contributed by atoms with van der Waals surface area (Å²) in [4.78, 5) is 10.8. The molecule has 5 heteroatoms. The number of primary amides is 1. The average Bonchev–Trinajstić information content (AvgIpc) is 2.54. The largest absolute Gasteiger partial charge is 0.493 e. The van der Waals surface area contributed by atoms with Crippen LogP contribution in [0.1, 0.15) is 16.7 Å². The van der Waals surface area contributed by atoms with Crippen molar-refractivity contribution < 1.29 is 14.3 Å². The summed E-state index contributed by atoms with van der Waals surface area (Å²) in [5.74, 6) is 0.555. The highest BCUT2D eigenvalue weighted by Crippen LogP contribution is 2.28. The zero-order chi connectivity index (χ0) is 16.8. The summed E-state index contributed by atoms with van der Waals surface area (Å²) in [6, 6.07) is 11.9. The van der Waals surface area contributed by atoms with Gasteiger partial charge in [-0.15, -0.1) is 0 Å². The van der Waals surface area contributed by atoms with E-state index in [4.69, 9.17) is 15.2 Å². The van der Waals surface area contributed by atoms with E-state index in [1.54, 1.807) is 13.2 Å². The second-order valence-electron chi connectivity index (χ2n) is 5.39. The van der Waals surface area contributed by atoms with Gasteiger partial charge in [0.1, 0.15) is 0 Å². The van der Waals surface area contributed by atoms with Crippen LogP contribution in [0, 0.1) is 13.8 Å². The number of hydrogen-bond acceptors (Lipinski definition) is 4. The van der Waals surface area contributed by atoms with Crippen molar-refractivity contribution in [2.24, 2.45) is 5.73 Å². The molecule has 0 aliphatic carbocycles. The molecule has 2 rings (SSSR count). The second-order valence-corrected chi connectivity index (χ2v) is 5.39. The normalized spacial score (nSPS) is 10.2. The van der Waals surface area contributed by atoms with Crippen molar-refractivity contribution in [3.8, 4) is 11.5 Å². The van der Waals surface area contributed by atoms with E-state index >= 15 is 0 Å². The molecule has 23 heavy (non-hydrogen) atoms. The maximum Gasteiger partial charge on any atom is 0.255 e. The first-order valence-corrected chi connectivity index (χ1v) is 7.38. The van der Waals surface area contributed by atoms with Crippen LogP contribution in [0.15, 0.2) is 36.4 Å². The summed E-state index contributed by atoms with van der Waals surface area (Å²) < 4.78 is 10.6. The molecule has 122 valence electrons. The summed E-state index contributed by atoms with van der Waals surface area (Å²) in [6.07, 6.45) is 0. The van der Waals surface area contributed by atoms with Gasteiger partial charge in [-0.05, 0) is 54.8 Å². The van der Waals surface area contributed by atoms with Crippen molar-refractivity contribution in [2.45, 2.75) is 20.4 Å². The molecule has 0 radical (unpaired) electrons. The van der Waals surface area contributed by atoms with Crippen molar-refractivity contribution in [3.05, 3.63) is 53.1 Å². The predicted molar refractivity (Wildman–Crippen MR) is 90.9 cm³/mol. The molecule has 2 aromatic carbocycles. The van der Waals surface area contributed by atoms with Crippen LogP contribution in [0.2, 0.25) is 0 Å². The Morgan fingerprint density at radius 2 is 1.87 bits per heavy atom. The summed E-state index contributed by atoms with van der Waals surface area (Å²) in [7, 11) is 1.56. The minimum absolute atomic E-state index is 0.170. The minimum atomic E-state index is -0.521. The van der Waals surface area contributed by atoms with Crippen LogP contribution in [-0.4, -0.2) is 19.6 Å². The Hall–Kier alpha value is -2.69. The first-order valence-electron chi connectivity index (χ1n) is 7.38. The number of nitrogens with two attached hydrogens (primary N) is 1. The van der Waals surface area contributed by atoms with E-state index in [0.29, 0.717) is 18.0 Å². The molecule has 1 amide bonds. The molecule has 0 saturated carbocycles. The van der Waals surface area contributed by atoms with Crippen molar-refractivity contribution in [1.82, 2.24) is 0 Å². The van der Waals surface area contributed by atoms with Gasteiger partial charge in [0, 0.05) is 12.2 Å². The van der Waals surface area contributed by atoms with Crippen LogP contribution in [0.3, 0.4) is 0 Å². The fraction of sp³-hybridized carbons (Fsp3) is 0.278. The van der Waals surface area contributed by atoms with Gasteiger partial charge in [-0.1, -0.05) is 12.1 Å². The number of benzene rings is 2. The van der Waals surface area contributed by atoms with Crippen molar-refractivity contribution in [1.29, 1.82) is 0 Å². The maximum absolute atomic E-state index is 10.8. The molecule has 0 heterocycles. The van der Waals surface area contributed by atoms with E-state index in [1.165, 1.54) is 11.1 Å². The number of carbonyl (C=O) groups is 1. The summed E-state index contributed by atoms with van der Waals surface area (Å²) in [5.41, 5.74) is 9.72. The van der Waals surface area contributed by atoms with Gasteiger partial charge < -0.3 is 20.5 Å². The lowest BCUT2D eigenvalue weighted by molar-refractivity contribution is -0.119. The van der Waals surface area contributed by atoms with Crippen LogP contribution < -0.4 is 20.5 Å². The van der Waals surface area contributed by atoms with E-state index in [2.05, 4.69) is 37.4 Å². The molecular weight excluding hydrogens is 292 g/mol. The van der Waals surface area contributed by atoms with Gasteiger partial charge in [0.15, 0.2) is 18.1 Å². The Morgan fingerprint density at radius 3 is 2.52 bits per heavy atom. The van der Waals surface area contributed by atoms with Crippen LogP contribution in [-0.2, 0) is 11.3 Å². The Morgan fingerprint density at radius 1 is 1.09 bits per heavy atom. The molecule has 2 aromatic rings. The molecule has 0 aliphatic heterocycles. The van der Waals surface area contributed by atoms with Crippen LogP contribution in [0.25, 0.3) is 0 Å². The highest BCUT2D eigenvalue weighted by molar-refractivity contribution is 5.75. The van der Waals surface area contributed by atoms with Crippen molar-refractivity contribution in [3.63, 3.8) is 0 Å². The number of rotatable bonds is 7. The number of ether oxygens (including phenoxy) is 2. The molecule has 0 spiro atoms. The van der Waals surface area contributed by atoms with E-state index < -0.39 is 5.91 Å². The fourth-order valence-corrected chi connectivity index (χ4v) is 2.15. The van der Waals surface area contributed by atoms with Gasteiger partial charge in [0.25, 0.3) is 5.91 Å². The van der Waals surface area contributed by atoms with E-state index in [1.807, 2.05) is 12.1 Å². The Bertz CT molecular complexity index is 699. The number of nitrogens with one attached hydrogen (secondary N) is 1. The van der Waals surface area contributed by atoms with E-state index in [-0.39, 0.29) is 6.61 Å². The molecular formula is C18H22N2O3. The Balaban J connectivity index is 2.05. The first-order chi connectivity index (χ1) is 11.0. The molecule has 5 nitrogen and oxygen atoms in total. The molecule has 0 bridgehead atoms. The van der Waals surface area contributed by atoms with Gasteiger partial charge >= 0.3 is 0 Å². The number of methoxy groups -OCH3 is 1. The van der Waals surface area contributed by atoms with Crippen molar-refractivity contribution in [2.75, 3.05) is 19.0 Å². The summed E-state index contributed by atoms with van der Waals surface area (Å²) in [6.45, 7) is 4.68. The van der Waals surface area contributed by atoms with E-state index in [9.17, 15) is 4.79 Å². The number of hydrogen-bond donors (Lipinski definition) is 2. The topological polar surface area (TPSA) is 73.6 Å². The third-order valence-corrected chi connectivity index (χ3v) is 3.60. The number of anilines is 1. The molecule has 0 fully saturated rings. The second kappa shape index (κ2) is 7.54. The van der Waals surface area contributed by atoms with Crippen molar-refractivity contribution >= 4 is 11.6 Å². The molecule has 3 N–H and O–H groups in total. The third-order valence-electron chi connectivity index (χ3n) is 3.60. The average molecular weight is 314 g/mol. The highest BCUT2D eigenvalue weighted by Gasteiger charge is 2.07. The fourth-order valence-electron chi connectivity index (χ4n) is 2.15. The van der Waals surface area contributed by atoms with E-state index in [0.717, 1.165) is 11.3 Å². The standard InChI is InChI=1S/C18H22N2O3/c1-12-4-6-15(8-13(12)2)20-10-14-5-7-16(17(9-14)22-3)23-11-18(19)21/h4-9,20H,10-11H2,1-3H3,(H2,19,21). The lowest BCUT2D eigenvalue weighted by atomic mass is 10.1. The van der Waals surface area contributed by atoms with Crippen LogP contribution in [0.5, 0.6) is 11.5 Å². The quantitative estimate of drug-likeness (QED) is 0.824. The van der Waals surface area contributed by atoms with Crippen LogP contribution in [0.4, 0.5) is 5.69 Å². The molecule has 0 aliphatic rings. The third kappa shape index (κ3) is 4.64. The van der Waals surface area contributed by atoms with Crippen LogP contribution >= 0.6 is 0 Å². The molecule has 0 unspecified atom stereocenters. The predicted octanol–water partition coefficient (Wildman–Crippen LogP) is 2.79. The van der Waals surface area contributed by atoms with Gasteiger partial charge in [0.05, 0.1) is 7.11 Å². The zero-order valence-corrected chi connectivity index (χ0v) is 13.7. The number of aryl methyl sites for hydroxylation is 2. The lowest BCUT2D eigenvalue weighted by Gasteiger charge is -2.13. The highest BCUT2D eigenvalue weighted by atomic mass is 16.5. The monoisotopic (exact) mass is 314 g/mol. The van der Waals surface area contributed by atoms with Gasteiger partial charge in [-0.2, -0.15) is 0 Å². The minimum Gasteiger partial charge on any atom is -0.493 e. The molecule has 0 aromatic heterocycles. The van der Waals surface area contributed by atoms with Gasteiger partial charge in [0.2, 0.25) is 0 Å². The molecule has 0 atom stereocenters.